The number of para-hydroxylation sites is 1. The van der Waals surface area contributed by atoms with Gasteiger partial charge in [0.15, 0.2) is 5.69 Å². The molecule has 0 saturated carbocycles. The van der Waals surface area contributed by atoms with Crippen molar-refractivity contribution in [2.75, 3.05) is 0 Å². The minimum Gasteiger partial charge on any atom is -0.480 e. The molecule has 7 nitrogen and oxygen atoms in total. The smallest absolute Gasteiger partial charge is 0.325 e. The van der Waals surface area contributed by atoms with Crippen LogP contribution in [0.4, 0.5) is 0 Å². The number of benzene rings is 1. The third kappa shape index (κ3) is 2.95. The Morgan fingerprint density at radius 1 is 1.32 bits per heavy atom. The number of nitrogens with zero attached hydrogens (tertiary/aromatic N) is 3. The number of rotatable bonds is 4. The van der Waals surface area contributed by atoms with Gasteiger partial charge in [-0.1, -0.05) is 23.4 Å². The van der Waals surface area contributed by atoms with Crippen molar-refractivity contribution in [2.24, 2.45) is 0 Å². The van der Waals surface area contributed by atoms with E-state index in [0.29, 0.717) is 0 Å². The predicted octanol–water partition coefficient (Wildman–Crippen LogP) is 0.470. The molecule has 1 amide bonds. The molecule has 2 N–H and O–H groups in total. The van der Waals surface area contributed by atoms with Crippen molar-refractivity contribution in [3.8, 4) is 5.69 Å². The second-order valence-electron chi connectivity index (χ2n) is 3.92. The highest BCUT2D eigenvalue weighted by Gasteiger charge is 2.17. The number of aliphatic carboxylic acids is 1. The van der Waals surface area contributed by atoms with Crippen LogP contribution in [0.5, 0.6) is 0 Å². The van der Waals surface area contributed by atoms with Gasteiger partial charge < -0.3 is 10.4 Å². The summed E-state index contributed by atoms with van der Waals surface area (Å²) in [5, 5.41) is 18.5. The monoisotopic (exact) mass is 260 g/mol. The first-order chi connectivity index (χ1) is 9.08. The summed E-state index contributed by atoms with van der Waals surface area (Å²) in [5.41, 5.74) is 0.831. The quantitative estimate of drug-likeness (QED) is 0.832. The van der Waals surface area contributed by atoms with Crippen LogP contribution in [0.3, 0.4) is 0 Å². The summed E-state index contributed by atoms with van der Waals surface area (Å²) < 4.78 is 1.44. The van der Waals surface area contributed by atoms with E-state index >= 15 is 0 Å². The first-order valence-corrected chi connectivity index (χ1v) is 5.59. The lowest BCUT2D eigenvalue weighted by Gasteiger charge is -2.06. The van der Waals surface area contributed by atoms with Gasteiger partial charge in [0.2, 0.25) is 0 Å². The molecule has 0 bridgehead atoms. The molecule has 2 aromatic rings. The van der Waals surface area contributed by atoms with Gasteiger partial charge in [0.25, 0.3) is 5.91 Å². The molecule has 0 radical (unpaired) electrons. The summed E-state index contributed by atoms with van der Waals surface area (Å²) in [6.45, 7) is 1.38. The van der Waals surface area contributed by atoms with Gasteiger partial charge >= 0.3 is 5.97 Å². The Balaban J connectivity index is 2.13. The fraction of sp³-hybridized carbons (Fsp3) is 0.167. The van der Waals surface area contributed by atoms with E-state index in [-0.39, 0.29) is 5.69 Å². The highest BCUT2D eigenvalue weighted by molar-refractivity contribution is 5.94. The van der Waals surface area contributed by atoms with Crippen molar-refractivity contribution in [2.45, 2.75) is 13.0 Å². The molecule has 0 spiro atoms. The average Bonchev–Trinajstić information content (AvgIpc) is 2.89. The van der Waals surface area contributed by atoms with Crippen LogP contribution in [0, 0.1) is 0 Å². The average molecular weight is 260 g/mol. The van der Waals surface area contributed by atoms with E-state index < -0.39 is 17.9 Å². The minimum absolute atomic E-state index is 0.0666. The molecule has 98 valence electrons. The Kier molecular flexibility index (Phi) is 3.56. The van der Waals surface area contributed by atoms with Crippen LogP contribution < -0.4 is 5.32 Å². The summed E-state index contributed by atoms with van der Waals surface area (Å²) in [4.78, 5) is 22.4. The molecule has 0 aliphatic carbocycles. The number of carbonyl (C=O) groups excluding carboxylic acids is 1. The normalized spacial score (nSPS) is 11.8. The number of carboxylic acid groups (broad SMARTS) is 1. The van der Waals surface area contributed by atoms with Gasteiger partial charge in [-0.25, -0.2) is 4.68 Å². The number of hydrogen-bond donors (Lipinski definition) is 2. The van der Waals surface area contributed by atoms with Crippen LogP contribution >= 0.6 is 0 Å². The molecule has 1 unspecified atom stereocenters. The van der Waals surface area contributed by atoms with Gasteiger partial charge in [0, 0.05) is 0 Å². The van der Waals surface area contributed by atoms with Crippen LogP contribution in [-0.2, 0) is 4.79 Å². The van der Waals surface area contributed by atoms with Crippen molar-refractivity contribution < 1.29 is 14.7 Å². The molecule has 1 atom stereocenters. The van der Waals surface area contributed by atoms with Crippen LogP contribution in [-0.4, -0.2) is 38.0 Å². The Labute approximate surface area is 108 Å². The molecule has 1 aromatic carbocycles. The molecule has 1 aromatic heterocycles. The Bertz CT molecular complexity index is 594. The second kappa shape index (κ2) is 5.30. The summed E-state index contributed by atoms with van der Waals surface area (Å²) in [6.07, 6.45) is 1.44. The largest absolute Gasteiger partial charge is 0.480 e. The minimum atomic E-state index is -1.11. The van der Waals surface area contributed by atoms with E-state index in [1.54, 1.807) is 0 Å². The number of carbonyl (C=O) groups is 2. The molecule has 1 heterocycles. The standard InChI is InChI=1S/C12H12N4O3/c1-8(12(18)19)13-11(17)10-7-16(15-14-10)9-5-3-2-4-6-9/h2-8H,1H3,(H,13,17)(H,18,19). The number of carboxylic acids is 1. The summed E-state index contributed by atoms with van der Waals surface area (Å²) >= 11 is 0. The van der Waals surface area contributed by atoms with Crippen LogP contribution in [0.25, 0.3) is 5.69 Å². The van der Waals surface area contributed by atoms with Crippen molar-refractivity contribution in [1.29, 1.82) is 0 Å². The van der Waals surface area contributed by atoms with Crippen molar-refractivity contribution in [3.63, 3.8) is 0 Å². The molecule has 0 saturated heterocycles. The maximum Gasteiger partial charge on any atom is 0.325 e. The zero-order valence-electron chi connectivity index (χ0n) is 10.1. The zero-order chi connectivity index (χ0) is 13.8. The molecular formula is C12H12N4O3. The number of nitrogens with one attached hydrogen (secondary N) is 1. The fourth-order valence-corrected chi connectivity index (χ4v) is 1.41. The van der Waals surface area contributed by atoms with Crippen molar-refractivity contribution in [3.05, 3.63) is 42.2 Å². The van der Waals surface area contributed by atoms with E-state index in [1.165, 1.54) is 17.8 Å². The molecule has 2 rings (SSSR count). The summed E-state index contributed by atoms with van der Waals surface area (Å²) in [7, 11) is 0. The molecular weight excluding hydrogens is 248 g/mol. The molecule has 0 aliphatic rings. The summed E-state index contributed by atoms with van der Waals surface area (Å²) in [5.74, 6) is -1.68. The Hall–Kier alpha value is -2.70. The predicted molar refractivity (Wildman–Crippen MR) is 65.9 cm³/mol. The lowest BCUT2D eigenvalue weighted by molar-refractivity contribution is -0.138. The molecule has 7 heteroatoms. The van der Waals surface area contributed by atoms with Crippen LogP contribution in [0.15, 0.2) is 36.5 Å². The van der Waals surface area contributed by atoms with Gasteiger partial charge in [-0.3, -0.25) is 9.59 Å². The van der Waals surface area contributed by atoms with E-state index in [2.05, 4.69) is 15.6 Å². The van der Waals surface area contributed by atoms with Crippen LogP contribution in [0.1, 0.15) is 17.4 Å². The first-order valence-electron chi connectivity index (χ1n) is 5.59. The topological polar surface area (TPSA) is 97.1 Å². The highest BCUT2D eigenvalue weighted by Crippen LogP contribution is 2.05. The van der Waals surface area contributed by atoms with Gasteiger partial charge in [0.05, 0.1) is 11.9 Å². The van der Waals surface area contributed by atoms with Crippen molar-refractivity contribution >= 4 is 11.9 Å². The number of amides is 1. The van der Waals surface area contributed by atoms with Crippen LogP contribution in [0.2, 0.25) is 0 Å². The van der Waals surface area contributed by atoms with E-state index in [9.17, 15) is 9.59 Å². The second-order valence-corrected chi connectivity index (χ2v) is 3.92. The number of hydrogen-bond acceptors (Lipinski definition) is 4. The fourth-order valence-electron chi connectivity index (χ4n) is 1.41. The maximum absolute atomic E-state index is 11.7. The highest BCUT2D eigenvalue weighted by atomic mass is 16.4. The zero-order valence-corrected chi connectivity index (χ0v) is 10.1. The van der Waals surface area contributed by atoms with Gasteiger partial charge in [0.1, 0.15) is 6.04 Å². The third-order valence-corrected chi connectivity index (χ3v) is 2.46. The SMILES string of the molecule is CC(NC(=O)c1cn(-c2ccccc2)nn1)C(=O)O. The Morgan fingerprint density at radius 3 is 2.63 bits per heavy atom. The lowest BCUT2D eigenvalue weighted by Crippen LogP contribution is -2.38. The summed E-state index contributed by atoms with van der Waals surface area (Å²) in [6, 6.07) is 8.19. The van der Waals surface area contributed by atoms with Crippen molar-refractivity contribution in [1.82, 2.24) is 20.3 Å². The maximum atomic E-state index is 11.7. The third-order valence-electron chi connectivity index (χ3n) is 2.46. The van der Waals surface area contributed by atoms with E-state index in [0.717, 1.165) is 5.69 Å². The lowest BCUT2D eigenvalue weighted by atomic mass is 10.3. The first kappa shape index (κ1) is 12.7. The number of aromatic nitrogens is 3. The molecule has 0 aliphatic heterocycles. The van der Waals surface area contributed by atoms with Gasteiger partial charge in [-0.2, -0.15) is 0 Å². The Morgan fingerprint density at radius 2 is 2.00 bits per heavy atom. The van der Waals surface area contributed by atoms with E-state index in [4.69, 9.17) is 5.11 Å². The molecule has 19 heavy (non-hydrogen) atoms. The van der Waals surface area contributed by atoms with E-state index in [1.807, 2.05) is 30.3 Å². The van der Waals surface area contributed by atoms with Gasteiger partial charge in [-0.15, -0.1) is 5.10 Å². The van der Waals surface area contributed by atoms with Gasteiger partial charge in [-0.05, 0) is 19.1 Å². The molecule has 0 fully saturated rings.